The number of rotatable bonds is 2. The molecule has 1 heterocycles. The van der Waals surface area contributed by atoms with Crippen molar-refractivity contribution in [1.29, 1.82) is 0 Å². The lowest BCUT2D eigenvalue weighted by atomic mass is 10.3. The Balaban J connectivity index is 0.000000342. The van der Waals surface area contributed by atoms with Gasteiger partial charge in [0.1, 0.15) is 0 Å². The molecule has 1 aliphatic heterocycles. The van der Waals surface area contributed by atoms with Crippen molar-refractivity contribution in [2.24, 2.45) is 0 Å². The minimum atomic E-state index is -1.07. The number of esters is 4. The molecule has 0 unspecified atom stereocenters. The van der Waals surface area contributed by atoms with Gasteiger partial charge in [-0.15, -0.1) is 0 Å². The Bertz CT molecular complexity index is 434. The molecule has 8 heteroatoms. The van der Waals surface area contributed by atoms with E-state index in [2.05, 4.69) is 20.8 Å². The van der Waals surface area contributed by atoms with Crippen LogP contribution in [-0.4, -0.2) is 36.3 Å². The van der Waals surface area contributed by atoms with Crippen LogP contribution in [0.4, 0.5) is 0 Å². The maximum atomic E-state index is 10.4. The maximum Gasteiger partial charge on any atom is 0.382 e. The number of carbonyl (C=O) groups is 5. The molecule has 0 atom stereocenters. The van der Waals surface area contributed by atoms with Crippen molar-refractivity contribution in [3.05, 3.63) is 12.3 Å². The quantitative estimate of drug-likeness (QED) is 0.290. The van der Waals surface area contributed by atoms with E-state index in [4.69, 9.17) is 0 Å². The van der Waals surface area contributed by atoms with Gasteiger partial charge in [0.15, 0.2) is 12.4 Å². The number of carbonyl (C=O) groups excluding carboxylic acids is 5. The first-order valence-corrected chi connectivity index (χ1v) is 5.10. The largest absolute Gasteiger partial charge is 0.475 e. The number of ether oxygens (including phenoxy) is 3. The molecule has 0 aromatic rings. The number of ketones is 1. The molecule has 104 valence electrons. The van der Waals surface area contributed by atoms with Crippen LogP contribution < -0.4 is 0 Å². The van der Waals surface area contributed by atoms with Crippen molar-refractivity contribution in [2.45, 2.75) is 20.3 Å². The van der Waals surface area contributed by atoms with Crippen LogP contribution in [-0.2, 0) is 38.2 Å². The molecule has 1 aliphatic rings. The number of cyclic esters (lactones) is 2. The molecule has 0 amide bonds. The maximum absolute atomic E-state index is 10.4. The smallest absolute Gasteiger partial charge is 0.382 e. The van der Waals surface area contributed by atoms with Crippen molar-refractivity contribution in [2.75, 3.05) is 6.61 Å². The van der Waals surface area contributed by atoms with E-state index >= 15 is 0 Å². The van der Waals surface area contributed by atoms with Crippen LogP contribution in [0.25, 0.3) is 0 Å². The summed E-state index contributed by atoms with van der Waals surface area (Å²) >= 11 is 0. The topological polar surface area (TPSA) is 113 Å². The van der Waals surface area contributed by atoms with Crippen LogP contribution in [0.1, 0.15) is 20.3 Å². The third-order valence-corrected chi connectivity index (χ3v) is 1.58. The van der Waals surface area contributed by atoms with Gasteiger partial charge in [-0.3, -0.25) is 9.59 Å². The minimum absolute atomic E-state index is 0.0616. The molecule has 0 radical (unpaired) electrons. The van der Waals surface area contributed by atoms with E-state index in [-0.39, 0.29) is 18.8 Å². The van der Waals surface area contributed by atoms with Crippen molar-refractivity contribution in [3.63, 3.8) is 0 Å². The average molecular weight is 272 g/mol. The molecule has 0 N–H and O–H groups in total. The van der Waals surface area contributed by atoms with Crippen LogP contribution in [0.2, 0.25) is 0 Å². The fourth-order valence-corrected chi connectivity index (χ4v) is 0.727. The third kappa shape index (κ3) is 6.71. The van der Waals surface area contributed by atoms with Crippen LogP contribution in [0, 0.1) is 0 Å². The van der Waals surface area contributed by atoms with Gasteiger partial charge in [0.05, 0.1) is 0 Å². The highest BCUT2D eigenvalue weighted by Crippen LogP contribution is 2.03. The highest BCUT2D eigenvalue weighted by molar-refractivity contribution is 6.35. The summed E-state index contributed by atoms with van der Waals surface area (Å²) in [4.78, 5) is 51.4. The molecule has 1 fully saturated rings. The average Bonchev–Trinajstić information content (AvgIpc) is 2.33. The number of Topliss-reactive ketones (excluding diaryl/α,β-unsaturated/α-hetero) is 1. The molecular weight excluding hydrogens is 260 g/mol. The minimum Gasteiger partial charge on any atom is -0.475 e. The van der Waals surface area contributed by atoms with Crippen LogP contribution in [0.3, 0.4) is 0 Å². The van der Waals surface area contributed by atoms with Crippen LogP contribution in [0.15, 0.2) is 12.3 Å². The van der Waals surface area contributed by atoms with Crippen molar-refractivity contribution in [1.82, 2.24) is 0 Å². The Hall–Kier alpha value is -2.51. The molecule has 0 aromatic heterocycles. The SMILES string of the molecule is C=C1OCC(=O)OC1=O.CCC(=O)C(=O)OC(C)=O. The summed E-state index contributed by atoms with van der Waals surface area (Å²) in [6, 6.07) is 0. The van der Waals surface area contributed by atoms with Gasteiger partial charge in [0.2, 0.25) is 5.78 Å². The van der Waals surface area contributed by atoms with E-state index in [0.29, 0.717) is 0 Å². The lowest BCUT2D eigenvalue weighted by Crippen LogP contribution is -2.26. The molecule has 0 spiro atoms. The molecule has 19 heavy (non-hydrogen) atoms. The summed E-state index contributed by atoms with van der Waals surface area (Å²) in [5.41, 5.74) is 0. The van der Waals surface area contributed by atoms with Gasteiger partial charge in [-0.1, -0.05) is 6.92 Å². The third-order valence-electron chi connectivity index (χ3n) is 1.58. The normalized spacial score (nSPS) is 13.5. The van der Waals surface area contributed by atoms with Gasteiger partial charge in [-0.25, -0.2) is 14.4 Å². The lowest BCUT2D eigenvalue weighted by Gasteiger charge is -2.11. The van der Waals surface area contributed by atoms with Gasteiger partial charge in [-0.2, -0.15) is 0 Å². The Morgan fingerprint density at radius 1 is 1.32 bits per heavy atom. The molecular formula is C11H12O8. The Morgan fingerprint density at radius 3 is 2.26 bits per heavy atom. The van der Waals surface area contributed by atoms with E-state index in [1.165, 1.54) is 6.92 Å². The molecule has 1 saturated heterocycles. The zero-order valence-electron chi connectivity index (χ0n) is 10.4. The Labute approximate surface area is 108 Å². The van der Waals surface area contributed by atoms with E-state index in [0.717, 1.165) is 6.92 Å². The number of hydrogen-bond acceptors (Lipinski definition) is 8. The van der Waals surface area contributed by atoms with Crippen molar-refractivity contribution < 1.29 is 38.2 Å². The van der Waals surface area contributed by atoms with Gasteiger partial charge in [0, 0.05) is 13.3 Å². The fourth-order valence-electron chi connectivity index (χ4n) is 0.727. The van der Waals surface area contributed by atoms with E-state index < -0.39 is 29.7 Å². The molecule has 0 bridgehead atoms. The van der Waals surface area contributed by atoms with Crippen molar-refractivity contribution in [3.8, 4) is 0 Å². The molecule has 1 rings (SSSR count). The summed E-state index contributed by atoms with van der Waals surface area (Å²) in [7, 11) is 0. The van der Waals surface area contributed by atoms with Crippen molar-refractivity contribution >= 4 is 29.7 Å². The fraction of sp³-hybridized carbons (Fsp3) is 0.364. The van der Waals surface area contributed by atoms with Crippen LogP contribution in [0.5, 0.6) is 0 Å². The van der Waals surface area contributed by atoms with E-state index in [9.17, 15) is 24.0 Å². The summed E-state index contributed by atoms with van der Waals surface area (Å²) in [6.45, 7) is 5.55. The first-order chi connectivity index (χ1) is 8.77. The summed E-state index contributed by atoms with van der Waals surface area (Å²) < 4.78 is 12.6. The summed E-state index contributed by atoms with van der Waals surface area (Å²) in [5, 5.41) is 0. The Morgan fingerprint density at radius 2 is 1.89 bits per heavy atom. The molecule has 0 aromatic carbocycles. The first kappa shape index (κ1) is 16.5. The first-order valence-electron chi connectivity index (χ1n) is 5.10. The highest BCUT2D eigenvalue weighted by atomic mass is 16.6. The summed E-state index contributed by atoms with van der Waals surface area (Å²) in [5.74, 6) is -4.11. The van der Waals surface area contributed by atoms with E-state index in [1.54, 1.807) is 0 Å². The molecule has 0 saturated carbocycles. The molecule has 0 aliphatic carbocycles. The monoisotopic (exact) mass is 272 g/mol. The van der Waals surface area contributed by atoms with Gasteiger partial charge in [-0.05, 0) is 6.58 Å². The van der Waals surface area contributed by atoms with Crippen LogP contribution >= 0.6 is 0 Å². The van der Waals surface area contributed by atoms with Gasteiger partial charge in [0.25, 0.3) is 0 Å². The molecule has 8 nitrogen and oxygen atoms in total. The second kappa shape index (κ2) is 7.75. The standard InChI is InChI=1S/C6H8O4.C5H4O4/c1-3-5(8)6(9)10-4(2)7;1-3-5(7)9-4(6)2-8-3/h3H2,1-2H3;1-2H2. The zero-order chi connectivity index (χ0) is 15.0. The highest BCUT2D eigenvalue weighted by Gasteiger charge is 2.22. The predicted molar refractivity (Wildman–Crippen MR) is 58.3 cm³/mol. The van der Waals surface area contributed by atoms with E-state index in [1.807, 2.05) is 0 Å². The predicted octanol–water partition coefficient (Wildman–Crippen LogP) is -0.345. The zero-order valence-corrected chi connectivity index (χ0v) is 10.4. The second-order valence-corrected chi connectivity index (χ2v) is 3.13. The summed E-state index contributed by atoms with van der Waals surface area (Å²) in [6.07, 6.45) is 0.0616. The number of hydrogen-bond donors (Lipinski definition) is 0. The second-order valence-electron chi connectivity index (χ2n) is 3.13. The lowest BCUT2D eigenvalue weighted by molar-refractivity contribution is -0.168. The van der Waals surface area contributed by atoms with Gasteiger partial charge < -0.3 is 14.2 Å². The van der Waals surface area contributed by atoms with Gasteiger partial charge >= 0.3 is 23.9 Å². The Kier molecular flexibility index (Phi) is 6.72.